The molecule has 0 saturated heterocycles. The second-order valence-corrected chi connectivity index (χ2v) is 6.67. The largest absolute Gasteiger partial charge is 0.361 e. The van der Waals surface area contributed by atoms with Crippen molar-refractivity contribution in [3.8, 4) is 0 Å². The molecule has 0 aliphatic rings. The van der Waals surface area contributed by atoms with Crippen molar-refractivity contribution in [1.29, 1.82) is 0 Å². The summed E-state index contributed by atoms with van der Waals surface area (Å²) in [5.74, 6) is 0.635. The number of aromatic nitrogens is 1. The van der Waals surface area contributed by atoms with Crippen LogP contribution in [0.5, 0.6) is 0 Å². The minimum atomic E-state index is -3.51. The highest BCUT2D eigenvalue weighted by atomic mass is 32.2. The monoisotopic (exact) mass is 304 g/mol. The molecule has 0 fully saturated rings. The van der Waals surface area contributed by atoms with Crippen LogP contribution >= 0.6 is 0 Å². The van der Waals surface area contributed by atoms with Gasteiger partial charge in [-0.25, -0.2) is 0 Å². The summed E-state index contributed by atoms with van der Waals surface area (Å²) in [6, 6.07) is -0.377. The molecular formula is C12H24N4O3S. The van der Waals surface area contributed by atoms with Crippen LogP contribution in [0.3, 0.4) is 0 Å². The van der Waals surface area contributed by atoms with Crippen molar-refractivity contribution in [2.45, 2.75) is 33.2 Å². The van der Waals surface area contributed by atoms with E-state index in [1.165, 1.54) is 4.31 Å². The van der Waals surface area contributed by atoms with Crippen LogP contribution in [-0.4, -0.2) is 45.1 Å². The molecule has 116 valence electrons. The van der Waals surface area contributed by atoms with Gasteiger partial charge in [0.25, 0.3) is 10.2 Å². The molecule has 1 heterocycles. The van der Waals surface area contributed by atoms with E-state index in [0.717, 1.165) is 18.5 Å². The lowest BCUT2D eigenvalue weighted by Gasteiger charge is -2.21. The van der Waals surface area contributed by atoms with Gasteiger partial charge >= 0.3 is 0 Å². The summed E-state index contributed by atoms with van der Waals surface area (Å²) in [7, 11) is -0.106. The van der Waals surface area contributed by atoms with Crippen molar-refractivity contribution in [3.63, 3.8) is 0 Å². The Balaban J connectivity index is 2.71. The van der Waals surface area contributed by atoms with Crippen molar-refractivity contribution >= 4 is 10.2 Å². The zero-order valence-corrected chi connectivity index (χ0v) is 13.5. The molecule has 1 aromatic rings. The van der Waals surface area contributed by atoms with Gasteiger partial charge < -0.3 is 9.84 Å². The molecule has 0 radical (unpaired) electrons. The Morgan fingerprint density at radius 3 is 2.55 bits per heavy atom. The zero-order chi connectivity index (χ0) is 15.3. The van der Waals surface area contributed by atoms with Crippen LogP contribution < -0.4 is 10.0 Å². The van der Waals surface area contributed by atoms with Crippen LogP contribution in [-0.2, 0) is 10.2 Å². The number of nitrogens with zero attached hydrogens (tertiary/aromatic N) is 2. The summed E-state index contributed by atoms with van der Waals surface area (Å²) in [6.07, 6.45) is 0.758. The fourth-order valence-electron chi connectivity index (χ4n) is 2.08. The molecule has 2 N–H and O–H groups in total. The van der Waals surface area contributed by atoms with E-state index in [-0.39, 0.29) is 6.04 Å². The van der Waals surface area contributed by atoms with E-state index in [4.69, 9.17) is 4.52 Å². The predicted octanol–water partition coefficient (Wildman–Crippen LogP) is 0.728. The van der Waals surface area contributed by atoms with Gasteiger partial charge in [-0.2, -0.15) is 17.4 Å². The number of hydrogen-bond donors (Lipinski definition) is 2. The Morgan fingerprint density at radius 2 is 2.05 bits per heavy atom. The van der Waals surface area contributed by atoms with Crippen LogP contribution in [0.25, 0.3) is 0 Å². The summed E-state index contributed by atoms with van der Waals surface area (Å²) in [5.41, 5.74) is 1.49. The van der Waals surface area contributed by atoms with E-state index in [9.17, 15) is 8.42 Å². The zero-order valence-electron chi connectivity index (χ0n) is 12.7. The molecule has 8 heteroatoms. The number of hydrogen-bond acceptors (Lipinski definition) is 5. The maximum Gasteiger partial charge on any atom is 0.279 e. The molecule has 1 atom stereocenters. The summed E-state index contributed by atoms with van der Waals surface area (Å²) in [6.45, 7) is 6.60. The molecule has 0 saturated carbocycles. The molecule has 0 aliphatic carbocycles. The lowest BCUT2D eigenvalue weighted by atomic mass is 10.1. The van der Waals surface area contributed by atoms with Crippen molar-refractivity contribution in [2.24, 2.45) is 0 Å². The van der Waals surface area contributed by atoms with E-state index in [2.05, 4.69) is 15.2 Å². The van der Waals surface area contributed by atoms with E-state index < -0.39 is 10.2 Å². The van der Waals surface area contributed by atoms with Gasteiger partial charge in [0.1, 0.15) is 5.76 Å². The van der Waals surface area contributed by atoms with Crippen molar-refractivity contribution in [1.82, 2.24) is 19.5 Å². The third kappa shape index (κ3) is 4.27. The topological polar surface area (TPSA) is 87.5 Å². The van der Waals surface area contributed by atoms with E-state index >= 15 is 0 Å². The smallest absolute Gasteiger partial charge is 0.279 e. The Labute approximate surface area is 120 Å². The minimum absolute atomic E-state index is 0.377. The lowest BCUT2D eigenvalue weighted by Crippen LogP contribution is -2.40. The van der Waals surface area contributed by atoms with Gasteiger partial charge in [0.15, 0.2) is 0 Å². The lowest BCUT2D eigenvalue weighted by molar-refractivity contribution is 0.391. The van der Waals surface area contributed by atoms with E-state index in [0.29, 0.717) is 18.0 Å². The van der Waals surface area contributed by atoms with Crippen LogP contribution in [0.4, 0.5) is 0 Å². The molecule has 1 aromatic heterocycles. The molecule has 0 aromatic carbocycles. The summed E-state index contributed by atoms with van der Waals surface area (Å²) in [4.78, 5) is 0. The molecule has 7 nitrogen and oxygen atoms in total. The molecule has 1 unspecified atom stereocenters. The van der Waals surface area contributed by atoms with Crippen molar-refractivity contribution in [2.75, 3.05) is 27.2 Å². The number of nitrogens with one attached hydrogen (secondary N) is 2. The van der Waals surface area contributed by atoms with Gasteiger partial charge in [-0.15, -0.1) is 0 Å². The van der Waals surface area contributed by atoms with Crippen molar-refractivity contribution in [3.05, 3.63) is 17.0 Å². The quantitative estimate of drug-likeness (QED) is 0.691. The van der Waals surface area contributed by atoms with Gasteiger partial charge in [0, 0.05) is 19.2 Å². The Kier molecular flexibility index (Phi) is 6.12. The first kappa shape index (κ1) is 17.1. The maximum absolute atomic E-state index is 12.2. The normalized spacial score (nSPS) is 13.9. The molecule has 0 aliphatic heterocycles. The third-order valence-electron chi connectivity index (χ3n) is 3.16. The molecular weight excluding hydrogens is 280 g/mol. The van der Waals surface area contributed by atoms with Crippen molar-refractivity contribution < 1.29 is 12.9 Å². The Bertz CT molecular complexity index is 507. The highest BCUT2D eigenvalue weighted by molar-refractivity contribution is 7.87. The number of rotatable bonds is 8. The first-order chi connectivity index (χ1) is 9.29. The van der Waals surface area contributed by atoms with Crippen LogP contribution in [0.15, 0.2) is 4.52 Å². The molecule has 0 spiro atoms. The second kappa shape index (κ2) is 7.16. The Morgan fingerprint density at radius 1 is 1.40 bits per heavy atom. The van der Waals surface area contributed by atoms with Gasteiger partial charge in [0.2, 0.25) is 0 Å². The maximum atomic E-state index is 12.2. The molecule has 1 rings (SSSR count). The second-order valence-electron chi connectivity index (χ2n) is 4.86. The summed E-state index contributed by atoms with van der Waals surface area (Å²) < 4.78 is 33.4. The van der Waals surface area contributed by atoms with E-state index in [1.54, 1.807) is 27.8 Å². The van der Waals surface area contributed by atoms with Gasteiger partial charge in [-0.05, 0) is 40.8 Å². The molecule has 0 bridgehead atoms. The fraction of sp³-hybridized carbons (Fsp3) is 0.750. The fourth-order valence-corrected chi connectivity index (χ4v) is 3.19. The van der Waals surface area contributed by atoms with Crippen LogP contribution in [0.1, 0.15) is 36.4 Å². The first-order valence-corrected chi connectivity index (χ1v) is 8.04. The molecule has 0 amide bonds. The van der Waals surface area contributed by atoms with Crippen LogP contribution in [0, 0.1) is 13.8 Å². The van der Waals surface area contributed by atoms with E-state index in [1.807, 2.05) is 7.05 Å². The van der Waals surface area contributed by atoms with Crippen LogP contribution in [0.2, 0.25) is 0 Å². The molecule has 20 heavy (non-hydrogen) atoms. The SMILES string of the molecule is CNCCCN(C)S(=O)(=O)NC(C)c1c(C)noc1C. The highest BCUT2D eigenvalue weighted by Crippen LogP contribution is 2.21. The average molecular weight is 304 g/mol. The van der Waals surface area contributed by atoms with Gasteiger partial charge in [-0.1, -0.05) is 5.16 Å². The summed E-state index contributed by atoms with van der Waals surface area (Å²) >= 11 is 0. The Hall–Kier alpha value is -0.960. The highest BCUT2D eigenvalue weighted by Gasteiger charge is 2.24. The van der Waals surface area contributed by atoms with Gasteiger partial charge in [0.05, 0.1) is 11.7 Å². The standard InChI is InChI=1S/C12H24N4O3S/c1-9-12(11(3)19-14-9)10(2)15-20(17,18)16(5)8-6-7-13-4/h10,13,15H,6-8H2,1-5H3. The van der Waals surface area contributed by atoms with Gasteiger partial charge in [-0.3, -0.25) is 0 Å². The first-order valence-electron chi connectivity index (χ1n) is 6.60. The third-order valence-corrected chi connectivity index (χ3v) is 4.81. The summed E-state index contributed by atoms with van der Waals surface area (Å²) in [5, 5.41) is 6.83. The predicted molar refractivity (Wildman–Crippen MR) is 77.6 cm³/mol. The minimum Gasteiger partial charge on any atom is -0.361 e. The average Bonchev–Trinajstić information content (AvgIpc) is 2.68. The number of aryl methyl sites for hydroxylation is 2.